The number of halogens is 2. The van der Waals surface area contributed by atoms with E-state index in [1.807, 2.05) is 0 Å². The van der Waals surface area contributed by atoms with Gasteiger partial charge >= 0.3 is 5.97 Å². The van der Waals surface area contributed by atoms with Gasteiger partial charge in [-0.1, -0.05) is 0 Å². The second-order valence-electron chi connectivity index (χ2n) is 5.53. The normalized spacial score (nSPS) is 25.2. The summed E-state index contributed by atoms with van der Waals surface area (Å²) in [5.74, 6) is -3.05. The minimum atomic E-state index is -2.59. The molecule has 2 fully saturated rings. The number of nitrogens with zero attached hydrogens (tertiary/aromatic N) is 3. The van der Waals surface area contributed by atoms with Crippen LogP contribution >= 0.6 is 0 Å². The number of aromatic nitrogens is 3. The Morgan fingerprint density at radius 1 is 1.32 bits per heavy atom. The fourth-order valence-electron chi connectivity index (χ4n) is 2.83. The lowest BCUT2D eigenvalue weighted by atomic mass is 9.86. The van der Waals surface area contributed by atoms with E-state index in [1.54, 1.807) is 4.57 Å². The summed E-state index contributed by atoms with van der Waals surface area (Å²) in [7, 11) is 0. The second-order valence-corrected chi connectivity index (χ2v) is 5.53. The quantitative estimate of drug-likeness (QED) is 0.914. The summed E-state index contributed by atoms with van der Waals surface area (Å²) in [5, 5.41) is 17.1. The average Bonchev–Trinajstić information content (AvgIpc) is 3.02. The van der Waals surface area contributed by atoms with Crippen molar-refractivity contribution in [2.75, 3.05) is 0 Å². The van der Waals surface area contributed by atoms with Crippen LogP contribution in [0.25, 0.3) is 0 Å². The highest BCUT2D eigenvalue weighted by molar-refractivity contribution is 5.80. The van der Waals surface area contributed by atoms with Crippen molar-refractivity contribution in [1.82, 2.24) is 14.8 Å². The highest BCUT2D eigenvalue weighted by Gasteiger charge is 2.54. The minimum Gasteiger partial charge on any atom is -0.479 e. The van der Waals surface area contributed by atoms with E-state index in [0.29, 0.717) is 31.5 Å². The van der Waals surface area contributed by atoms with Gasteiger partial charge in [0.2, 0.25) is 5.92 Å². The van der Waals surface area contributed by atoms with Crippen molar-refractivity contribution in [1.29, 1.82) is 0 Å². The molecule has 5 nitrogen and oxygen atoms in total. The topological polar surface area (TPSA) is 68.0 Å². The van der Waals surface area contributed by atoms with E-state index in [-0.39, 0.29) is 18.8 Å². The molecule has 0 aliphatic heterocycles. The van der Waals surface area contributed by atoms with Crippen LogP contribution in [-0.2, 0) is 10.3 Å². The zero-order valence-electron chi connectivity index (χ0n) is 10.4. The van der Waals surface area contributed by atoms with E-state index in [0.717, 1.165) is 0 Å². The summed E-state index contributed by atoms with van der Waals surface area (Å²) < 4.78 is 27.9. The summed E-state index contributed by atoms with van der Waals surface area (Å²) >= 11 is 0. The molecule has 1 aromatic heterocycles. The molecule has 1 heterocycles. The molecule has 3 rings (SSSR count). The lowest BCUT2D eigenvalue weighted by molar-refractivity contribution is -0.142. The first-order valence-electron chi connectivity index (χ1n) is 6.46. The third-order valence-corrected chi connectivity index (χ3v) is 4.24. The van der Waals surface area contributed by atoms with Crippen LogP contribution in [-0.4, -0.2) is 31.8 Å². The molecule has 0 unspecified atom stereocenters. The maximum Gasteiger partial charge on any atom is 0.329 e. The first-order valence-corrected chi connectivity index (χ1v) is 6.46. The van der Waals surface area contributed by atoms with E-state index in [4.69, 9.17) is 0 Å². The van der Waals surface area contributed by atoms with Gasteiger partial charge in [0.25, 0.3) is 0 Å². The van der Waals surface area contributed by atoms with Crippen molar-refractivity contribution in [3.8, 4) is 0 Å². The van der Waals surface area contributed by atoms with Crippen molar-refractivity contribution in [2.24, 2.45) is 0 Å². The molecule has 1 N–H and O–H groups in total. The molecular formula is C12H15F2N3O2. The molecule has 2 saturated carbocycles. The SMILES string of the molecule is O=C(O)C1(n2cnnc2C2CCC(F)(F)CC2)CC1. The zero-order valence-corrected chi connectivity index (χ0v) is 10.4. The zero-order chi connectivity index (χ0) is 13.7. The summed E-state index contributed by atoms with van der Waals surface area (Å²) in [6.45, 7) is 0. The van der Waals surface area contributed by atoms with Gasteiger partial charge in [-0.2, -0.15) is 0 Å². The summed E-state index contributed by atoms with van der Waals surface area (Å²) in [5.41, 5.74) is -0.932. The molecule has 0 saturated heterocycles. The van der Waals surface area contributed by atoms with E-state index >= 15 is 0 Å². The van der Waals surface area contributed by atoms with Gasteiger partial charge in [0, 0.05) is 18.8 Å². The molecule has 2 aliphatic carbocycles. The van der Waals surface area contributed by atoms with Crippen LogP contribution < -0.4 is 0 Å². The molecule has 104 valence electrons. The van der Waals surface area contributed by atoms with Crippen LogP contribution in [0.2, 0.25) is 0 Å². The summed E-state index contributed by atoms with van der Waals surface area (Å²) in [6, 6.07) is 0. The van der Waals surface area contributed by atoms with Crippen LogP contribution in [0.4, 0.5) is 8.78 Å². The Morgan fingerprint density at radius 2 is 1.95 bits per heavy atom. The number of hydrogen-bond donors (Lipinski definition) is 1. The number of carboxylic acid groups (broad SMARTS) is 1. The standard InChI is InChI=1S/C12H15F2N3O2/c13-12(14)3-1-8(2-4-12)9-16-15-7-17(9)11(5-6-11)10(18)19/h7-8H,1-6H2,(H,18,19). The monoisotopic (exact) mass is 271 g/mol. The van der Waals surface area contributed by atoms with Crippen LogP contribution in [0.3, 0.4) is 0 Å². The fourth-order valence-corrected chi connectivity index (χ4v) is 2.83. The van der Waals surface area contributed by atoms with E-state index < -0.39 is 17.4 Å². The number of hydrogen-bond acceptors (Lipinski definition) is 3. The highest BCUT2D eigenvalue weighted by Crippen LogP contribution is 2.47. The van der Waals surface area contributed by atoms with Gasteiger partial charge in [-0.25, -0.2) is 13.6 Å². The van der Waals surface area contributed by atoms with Crippen LogP contribution in [0, 0.1) is 0 Å². The van der Waals surface area contributed by atoms with Gasteiger partial charge in [0.05, 0.1) is 0 Å². The number of alkyl halides is 2. The maximum absolute atomic E-state index is 13.2. The van der Waals surface area contributed by atoms with Gasteiger partial charge in [-0.15, -0.1) is 10.2 Å². The molecule has 0 spiro atoms. The number of rotatable bonds is 3. The average molecular weight is 271 g/mol. The Hall–Kier alpha value is -1.53. The lowest BCUT2D eigenvalue weighted by Crippen LogP contribution is -2.31. The molecule has 2 aliphatic rings. The Balaban J connectivity index is 1.84. The third kappa shape index (κ3) is 2.01. The van der Waals surface area contributed by atoms with Crippen LogP contribution in [0.1, 0.15) is 50.3 Å². The van der Waals surface area contributed by atoms with Crippen molar-refractivity contribution in [2.45, 2.75) is 55.9 Å². The smallest absolute Gasteiger partial charge is 0.329 e. The Morgan fingerprint density at radius 3 is 2.47 bits per heavy atom. The molecule has 19 heavy (non-hydrogen) atoms. The largest absolute Gasteiger partial charge is 0.479 e. The molecule has 0 radical (unpaired) electrons. The molecule has 1 aromatic rings. The second kappa shape index (κ2) is 3.98. The fraction of sp³-hybridized carbons (Fsp3) is 0.750. The van der Waals surface area contributed by atoms with Crippen molar-refractivity contribution >= 4 is 5.97 Å². The van der Waals surface area contributed by atoms with Gasteiger partial charge < -0.3 is 9.67 Å². The molecular weight excluding hydrogens is 256 g/mol. The maximum atomic E-state index is 13.2. The van der Waals surface area contributed by atoms with E-state index in [2.05, 4.69) is 10.2 Å². The summed E-state index contributed by atoms with van der Waals surface area (Å²) in [6.07, 6.45) is 2.87. The van der Waals surface area contributed by atoms with Crippen LogP contribution in [0.15, 0.2) is 6.33 Å². The molecule has 0 aromatic carbocycles. The Bertz CT molecular complexity index is 501. The van der Waals surface area contributed by atoms with Crippen molar-refractivity contribution in [3.05, 3.63) is 12.2 Å². The van der Waals surface area contributed by atoms with Crippen molar-refractivity contribution in [3.63, 3.8) is 0 Å². The van der Waals surface area contributed by atoms with E-state index in [9.17, 15) is 18.7 Å². The number of carboxylic acids is 1. The molecule has 0 atom stereocenters. The number of aliphatic carboxylic acids is 1. The van der Waals surface area contributed by atoms with Gasteiger partial charge in [-0.05, 0) is 25.7 Å². The van der Waals surface area contributed by atoms with Gasteiger partial charge in [0.1, 0.15) is 17.7 Å². The Kier molecular flexibility index (Phi) is 2.62. The molecule has 0 bridgehead atoms. The minimum absolute atomic E-state index is 0.112. The lowest BCUT2D eigenvalue weighted by Gasteiger charge is -2.28. The highest BCUT2D eigenvalue weighted by atomic mass is 19.3. The van der Waals surface area contributed by atoms with Crippen LogP contribution in [0.5, 0.6) is 0 Å². The third-order valence-electron chi connectivity index (χ3n) is 4.24. The van der Waals surface area contributed by atoms with Gasteiger partial charge in [0.15, 0.2) is 0 Å². The Labute approximate surface area is 108 Å². The van der Waals surface area contributed by atoms with Crippen molar-refractivity contribution < 1.29 is 18.7 Å². The number of carbonyl (C=O) groups is 1. The molecule has 0 amide bonds. The molecule has 7 heteroatoms. The predicted molar refractivity (Wildman–Crippen MR) is 61.0 cm³/mol. The summed E-state index contributed by atoms with van der Waals surface area (Å²) in [4.78, 5) is 11.3. The predicted octanol–water partition coefficient (Wildman–Crippen LogP) is 2.14. The van der Waals surface area contributed by atoms with E-state index in [1.165, 1.54) is 6.33 Å². The van der Waals surface area contributed by atoms with Gasteiger partial charge in [-0.3, -0.25) is 0 Å². The first kappa shape index (κ1) is 12.5. The first-order chi connectivity index (χ1) is 8.95.